The first kappa shape index (κ1) is 24.0. The minimum atomic E-state index is -0.471. The van der Waals surface area contributed by atoms with E-state index in [0.29, 0.717) is 19.8 Å². The van der Waals surface area contributed by atoms with Gasteiger partial charge in [-0.25, -0.2) is 9.59 Å². The van der Waals surface area contributed by atoms with Gasteiger partial charge in [0, 0.05) is 19.3 Å². The molecule has 0 heterocycles. The number of hydrogen-bond donors (Lipinski definition) is 1. The molecule has 2 amide bonds. The predicted molar refractivity (Wildman–Crippen MR) is 125 cm³/mol. The van der Waals surface area contributed by atoms with E-state index in [1.54, 1.807) is 24.9 Å². The van der Waals surface area contributed by atoms with Crippen LogP contribution in [0.1, 0.15) is 39.2 Å². The number of nitrogens with one attached hydrogen (secondary N) is 1. The van der Waals surface area contributed by atoms with Crippen LogP contribution < -0.4 is 10.2 Å². The number of carbonyl (C=O) groups excluding carboxylic acids is 2. The van der Waals surface area contributed by atoms with Crippen molar-refractivity contribution in [1.29, 1.82) is 0 Å². The molecule has 6 heteroatoms. The Bertz CT molecular complexity index is 891. The number of hydrogen-bond acceptors (Lipinski definition) is 4. The number of urea groups is 1. The maximum Gasteiger partial charge on any atom is 0.373 e. The molecule has 0 spiro atoms. The van der Waals surface area contributed by atoms with Gasteiger partial charge in [-0.3, -0.25) is 4.90 Å². The number of rotatable bonds is 10. The van der Waals surface area contributed by atoms with Crippen molar-refractivity contribution < 1.29 is 19.1 Å². The summed E-state index contributed by atoms with van der Waals surface area (Å²) in [6.07, 6.45) is 3.67. The highest BCUT2D eigenvalue weighted by atomic mass is 16.6. The Labute approximate surface area is 184 Å². The van der Waals surface area contributed by atoms with Gasteiger partial charge in [0.25, 0.3) is 0 Å². The Morgan fingerprint density at radius 3 is 2.32 bits per heavy atom. The largest absolute Gasteiger partial charge is 0.487 e. The first-order valence-electron chi connectivity index (χ1n) is 10.7. The molecule has 0 radical (unpaired) electrons. The highest BCUT2D eigenvalue weighted by molar-refractivity contribution is 5.92. The van der Waals surface area contributed by atoms with Crippen molar-refractivity contribution in [3.8, 4) is 11.1 Å². The Morgan fingerprint density at radius 1 is 0.968 bits per heavy atom. The van der Waals surface area contributed by atoms with Gasteiger partial charge in [0.1, 0.15) is 0 Å². The second-order valence-corrected chi connectivity index (χ2v) is 6.98. The first-order valence-corrected chi connectivity index (χ1v) is 10.7. The summed E-state index contributed by atoms with van der Waals surface area (Å²) in [5.41, 5.74) is 3.66. The van der Waals surface area contributed by atoms with E-state index < -0.39 is 5.97 Å². The highest BCUT2D eigenvalue weighted by Gasteiger charge is 2.13. The Hall–Kier alpha value is -3.28. The second-order valence-electron chi connectivity index (χ2n) is 6.98. The molecule has 2 aromatic rings. The first-order chi connectivity index (χ1) is 15.0. The van der Waals surface area contributed by atoms with E-state index in [1.165, 1.54) is 0 Å². The van der Waals surface area contributed by atoms with Gasteiger partial charge in [0.2, 0.25) is 5.76 Å². The molecular formula is C25H32N2O4. The van der Waals surface area contributed by atoms with Gasteiger partial charge < -0.3 is 14.8 Å². The van der Waals surface area contributed by atoms with Crippen molar-refractivity contribution in [1.82, 2.24) is 5.32 Å². The van der Waals surface area contributed by atoms with Crippen LogP contribution >= 0.6 is 0 Å². The smallest absolute Gasteiger partial charge is 0.373 e. The molecule has 31 heavy (non-hydrogen) atoms. The van der Waals surface area contributed by atoms with E-state index in [0.717, 1.165) is 35.2 Å². The summed E-state index contributed by atoms with van der Waals surface area (Å²) in [6.45, 7) is 7.03. The molecule has 0 aliphatic rings. The lowest BCUT2D eigenvalue weighted by Gasteiger charge is -2.19. The van der Waals surface area contributed by atoms with Gasteiger partial charge in [-0.1, -0.05) is 49.7 Å². The third kappa shape index (κ3) is 7.17. The minimum Gasteiger partial charge on any atom is -0.487 e. The fourth-order valence-electron chi connectivity index (χ4n) is 2.94. The summed E-state index contributed by atoms with van der Waals surface area (Å²) in [7, 11) is 1.76. The molecule has 0 saturated heterocycles. The summed E-state index contributed by atoms with van der Waals surface area (Å²) in [5.74, 6) is -0.281. The lowest BCUT2D eigenvalue weighted by molar-refractivity contribution is -0.142. The van der Waals surface area contributed by atoms with Crippen LogP contribution in [0.5, 0.6) is 0 Å². The molecule has 0 aromatic heterocycles. The van der Waals surface area contributed by atoms with Crippen molar-refractivity contribution in [3.63, 3.8) is 0 Å². The van der Waals surface area contributed by atoms with E-state index in [9.17, 15) is 9.59 Å². The van der Waals surface area contributed by atoms with Crippen molar-refractivity contribution >= 4 is 23.8 Å². The zero-order chi connectivity index (χ0) is 22.6. The van der Waals surface area contributed by atoms with Crippen molar-refractivity contribution in [2.75, 3.05) is 31.7 Å². The lowest BCUT2D eigenvalue weighted by atomic mass is 10.0. The zero-order valence-corrected chi connectivity index (χ0v) is 18.8. The standard InChI is InChI=1S/C25H32N2O4/c1-5-8-16-26-25(29)27(4)22-11-9-10-21(18-22)20-14-12-19(13-15-20)17-23(30-6-2)24(28)31-7-3/h9-15,17-18H,5-8,16H2,1-4H3,(H,26,29). The number of carbonyl (C=O) groups is 2. The van der Waals surface area contributed by atoms with Gasteiger partial charge in [-0.2, -0.15) is 0 Å². The van der Waals surface area contributed by atoms with Crippen LogP contribution in [0.4, 0.5) is 10.5 Å². The average molecular weight is 425 g/mol. The normalized spacial score (nSPS) is 11.0. The van der Waals surface area contributed by atoms with Crippen LogP contribution in [0.3, 0.4) is 0 Å². The fraction of sp³-hybridized carbons (Fsp3) is 0.360. The van der Waals surface area contributed by atoms with E-state index in [4.69, 9.17) is 9.47 Å². The van der Waals surface area contributed by atoms with Crippen LogP contribution in [-0.4, -0.2) is 38.8 Å². The van der Waals surface area contributed by atoms with Crippen LogP contribution in [0.15, 0.2) is 54.3 Å². The fourth-order valence-corrected chi connectivity index (χ4v) is 2.94. The number of ether oxygens (including phenoxy) is 2. The Morgan fingerprint density at radius 2 is 1.68 bits per heavy atom. The van der Waals surface area contributed by atoms with Gasteiger partial charge >= 0.3 is 12.0 Å². The zero-order valence-electron chi connectivity index (χ0n) is 18.8. The number of esters is 1. The number of nitrogens with zero attached hydrogens (tertiary/aromatic N) is 1. The molecule has 0 atom stereocenters. The lowest BCUT2D eigenvalue weighted by Crippen LogP contribution is -2.37. The second kappa shape index (κ2) is 12.4. The summed E-state index contributed by atoms with van der Waals surface area (Å²) in [4.78, 5) is 26.0. The predicted octanol–water partition coefficient (Wildman–Crippen LogP) is 5.24. The minimum absolute atomic E-state index is 0.117. The number of unbranched alkanes of at least 4 members (excludes halogenated alkanes) is 1. The molecule has 0 fully saturated rings. The maximum absolute atomic E-state index is 12.3. The molecular weight excluding hydrogens is 392 g/mol. The molecule has 0 bridgehead atoms. The van der Waals surface area contributed by atoms with Crippen molar-refractivity contribution in [2.24, 2.45) is 0 Å². The summed E-state index contributed by atoms with van der Waals surface area (Å²) in [5, 5.41) is 2.93. The topological polar surface area (TPSA) is 67.9 Å². The van der Waals surface area contributed by atoms with Crippen LogP contribution in [0.25, 0.3) is 17.2 Å². The molecule has 0 saturated carbocycles. The average Bonchev–Trinajstić information content (AvgIpc) is 2.79. The van der Waals surface area contributed by atoms with Gasteiger partial charge in [-0.05, 0) is 55.2 Å². The van der Waals surface area contributed by atoms with E-state index in [-0.39, 0.29) is 11.8 Å². The van der Waals surface area contributed by atoms with E-state index in [1.807, 2.05) is 55.5 Å². The highest BCUT2D eigenvalue weighted by Crippen LogP contribution is 2.25. The number of amides is 2. The number of benzene rings is 2. The van der Waals surface area contributed by atoms with Gasteiger partial charge in [-0.15, -0.1) is 0 Å². The van der Waals surface area contributed by atoms with Crippen LogP contribution in [-0.2, 0) is 14.3 Å². The van der Waals surface area contributed by atoms with Gasteiger partial charge in [0.15, 0.2) is 0 Å². The molecule has 2 rings (SSSR count). The summed E-state index contributed by atoms with van der Waals surface area (Å²) >= 11 is 0. The Kier molecular flexibility index (Phi) is 9.62. The van der Waals surface area contributed by atoms with Gasteiger partial charge in [0.05, 0.1) is 13.2 Å². The number of anilines is 1. The molecule has 1 N–H and O–H groups in total. The Balaban J connectivity index is 2.17. The third-order valence-corrected chi connectivity index (χ3v) is 4.66. The molecule has 6 nitrogen and oxygen atoms in total. The molecule has 166 valence electrons. The molecule has 0 unspecified atom stereocenters. The van der Waals surface area contributed by atoms with E-state index >= 15 is 0 Å². The van der Waals surface area contributed by atoms with Crippen LogP contribution in [0.2, 0.25) is 0 Å². The van der Waals surface area contributed by atoms with E-state index in [2.05, 4.69) is 12.2 Å². The van der Waals surface area contributed by atoms with Crippen LogP contribution in [0, 0.1) is 0 Å². The maximum atomic E-state index is 12.3. The monoisotopic (exact) mass is 424 g/mol. The quantitative estimate of drug-likeness (QED) is 0.245. The summed E-state index contributed by atoms with van der Waals surface area (Å²) in [6, 6.07) is 15.5. The molecule has 2 aromatic carbocycles. The summed E-state index contributed by atoms with van der Waals surface area (Å²) < 4.78 is 10.5. The molecule has 0 aliphatic carbocycles. The third-order valence-electron chi connectivity index (χ3n) is 4.66. The van der Waals surface area contributed by atoms with Crippen molar-refractivity contribution in [3.05, 3.63) is 59.9 Å². The SMILES string of the molecule is CCCCNC(=O)N(C)c1cccc(-c2ccc(C=C(OCC)C(=O)OCC)cc2)c1. The van der Waals surface area contributed by atoms with Crippen molar-refractivity contribution in [2.45, 2.75) is 33.6 Å². The molecule has 0 aliphatic heterocycles.